The first-order chi connectivity index (χ1) is 9.10. The minimum Gasteiger partial charge on any atom is -0.508 e. The number of nitro groups is 1. The number of non-ortho nitro benzene ring substituents is 1. The lowest BCUT2D eigenvalue weighted by atomic mass is 10.0. The summed E-state index contributed by atoms with van der Waals surface area (Å²) in [5, 5.41) is 23.1. The third-order valence-corrected chi connectivity index (χ3v) is 2.90. The zero-order chi connectivity index (χ0) is 13.8. The third kappa shape index (κ3) is 3.01. The summed E-state index contributed by atoms with van der Waals surface area (Å²) < 4.78 is 0. The SMILES string of the molecule is CNc1ccc([N+](=O)[O-])cc1Cc1ccc(O)cc1. The summed E-state index contributed by atoms with van der Waals surface area (Å²) in [4.78, 5) is 10.4. The van der Waals surface area contributed by atoms with Gasteiger partial charge in [-0.05, 0) is 35.7 Å². The van der Waals surface area contributed by atoms with Crippen molar-refractivity contribution < 1.29 is 10.0 Å². The lowest BCUT2D eigenvalue weighted by Crippen LogP contribution is -1.98. The Morgan fingerprint density at radius 3 is 2.47 bits per heavy atom. The maximum Gasteiger partial charge on any atom is 0.269 e. The maximum atomic E-state index is 10.8. The molecule has 0 bridgehead atoms. The summed E-state index contributed by atoms with van der Waals surface area (Å²) in [5.41, 5.74) is 2.77. The largest absolute Gasteiger partial charge is 0.508 e. The highest BCUT2D eigenvalue weighted by Crippen LogP contribution is 2.24. The van der Waals surface area contributed by atoms with E-state index in [1.807, 2.05) is 0 Å². The van der Waals surface area contributed by atoms with Gasteiger partial charge in [0.1, 0.15) is 5.75 Å². The van der Waals surface area contributed by atoms with E-state index in [9.17, 15) is 15.2 Å². The number of anilines is 1. The van der Waals surface area contributed by atoms with Crippen LogP contribution in [0.3, 0.4) is 0 Å². The number of phenolic OH excluding ortho intramolecular Hbond substituents is 1. The van der Waals surface area contributed by atoms with Gasteiger partial charge in [0.05, 0.1) is 4.92 Å². The molecule has 0 aliphatic heterocycles. The van der Waals surface area contributed by atoms with Crippen molar-refractivity contribution in [3.8, 4) is 5.75 Å². The van der Waals surface area contributed by atoms with E-state index >= 15 is 0 Å². The molecule has 0 radical (unpaired) electrons. The lowest BCUT2D eigenvalue weighted by Gasteiger charge is -2.09. The van der Waals surface area contributed by atoms with Gasteiger partial charge in [-0.1, -0.05) is 12.1 Å². The number of aromatic hydroxyl groups is 1. The fourth-order valence-corrected chi connectivity index (χ4v) is 1.92. The molecule has 0 spiro atoms. The van der Waals surface area contributed by atoms with E-state index in [2.05, 4.69) is 5.32 Å². The summed E-state index contributed by atoms with van der Waals surface area (Å²) in [7, 11) is 1.78. The van der Waals surface area contributed by atoms with Crippen LogP contribution in [0.2, 0.25) is 0 Å². The smallest absolute Gasteiger partial charge is 0.269 e. The van der Waals surface area contributed by atoms with Crippen molar-refractivity contribution >= 4 is 11.4 Å². The highest BCUT2D eigenvalue weighted by Gasteiger charge is 2.10. The van der Waals surface area contributed by atoms with E-state index < -0.39 is 4.92 Å². The van der Waals surface area contributed by atoms with Crippen LogP contribution < -0.4 is 5.32 Å². The molecule has 98 valence electrons. The standard InChI is InChI=1S/C14H14N2O3/c1-15-14-7-4-12(16(18)19)9-11(14)8-10-2-5-13(17)6-3-10/h2-7,9,15,17H,8H2,1H3. The van der Waals surface area contributed by atoms with Gasteiger partial charge in [0, 0.05) is 24.9 Å². The summed E-state index contributed by atoms with van der Waals surface area (Å²) in [6.45, 7) is 0. The van der Waals surface area contributed by atoms with Crippen molar-refractivity contribution in [1.82, 2.24) is 0 Å². The molecule has 0 atom stereocenters. The predicted octanol–water partition coefficient (Wildman–Crippen LogP) is 2.93. The van der Waals surface area contributed by atoms with Gasteiger partial charge in [-0.3, -0.25) is 10.1 Å². The Morgan fingerprint density at radius 1 is 1.21 bits per heavy atom. The van der Waals surface area contributed by atoms with Gasteiger partial charge in [-0.15, -0.1) is 0 Å². The van der Waals surface area contributed by atoms with Crippen molar-refractivity contribution in [2.75, 3.05) is 12.4 Å². The zero-order valence-electron chi connectivity index (χ0n) is 10.5. The average molecular weight is 258 g/mol. The molecule has 0 heterocycles. The highest BCUT2D eigenvalue weighted by atomic mass is 16.6. The van der Waals surface area contributed by atoms with Crippen molar-refractivity contribution in [1.29, 1.82) is 0 Å². The third-order valence-electron chi connectivity index (χ3n) is 2.90. The van der Waals surface area contributed by atoms with Crippen LogP contribution in [0, 0.1) is 10.1 Å². The monoisotopic (exact) mass is 258 g/mol. The van der Waals surface area contributed by atoms with Gasteiger partial charge >= 0.3 is 0 Å². The summed E-state index contributed by atoms with van der Waals surface area (Å²) in [5.74, 6) is 0.205. The fourth-order valence-electron chi connectivity index (χ4n) is 1.92. The van der Waals surface area contributed by atoms with Gasteiger partial charge in [0.15, 0.2) is 0 Å². The molecular weight excluding hydrogens is 244 g/mol. The number of hydrogen-bond acceptors (Lipinski definition) is 4. The Morgan fingerprint density at radius 2 is 1.89 bits per heavy atom. The first-order valence-corrected chi connectivity index (χ1v) is 5.83. The van der Waals surface area contributed by atoms with Gasteiger partial charge in [0.25, 0.3) is 5.69 Å². The van der Waals surface area contributed by atoms with Crippen LogP contribution in [0.15, 0.2) is 42.5 Å². The first-order valence-electron chi connectivity index (χ1n) is 5.83. The minimum absolute atomic E-state index is 0.0766. The van der Waals surface area contributed by atoms with E-state index in [1.54, 1.807) is 43.4 Å². The molecule has 0 fully saturated rings. The molecule has 19 heavy (non-hydrogen) atoms. The number of rotatable bonds is 4. The second kappa shape index (κ2) is 5.39. The highest BCUT2D eigenvalue weighted by molar-refractivity contribution is 5.57. The molecule has 5 heteroatoms. The van der Waals surface area contributed by atoms with E-state index in [0.717, 1.165) is 16.8 Å². The fraction of sp³-hybridized carbons (Fsp3) is 0.143. The summed E-state index contributed by atoms with van der Waals surface area (Å²) in [6, 6.07) is 11.6. The van der Waals surface area contributed by atoms with Crippen LogP contribution >= 0.6 is 0 Å². The molecule has 2 rings (SSSR count). The van der Waals surface area contributed by atoms with E-state index in [4.69, 9.17) is 0 Å². The zero-order valence-corrected chi connectivity index (χ0v) is 10.5. The Kier molecular flexibility index (Phi) is 3.66. The van der Waals surface area contributed by atoms with Crippen molar-refractivity contribution in [3.63, 3.8) is 0 Å². The summed E-state index contributed by atoms with van der Waals surface area (Å²) in [6.07, 6.45) is 0.568. The molecule has 2 aromatic carbocycles. The van der Waals surface area contributed by atoms with Crippen molar-refractivity contribution in [3.05, 3.63) is 63.7 Å². The number of phenols is 1. The minimum atomic E-state index is -0.403. The van der Waals surface area contributed by atoms with Crippen LogP contribution in [0.1, 0.15) is 11.1 Å². The second-order valence-electron chi connectivity index (χ2n) is 4.19. The normalized spacial score (nSPS) is 10.2. The van der Waals surface area contributed by atoms with Crippen LogP contribution in [0.5, 0.6) is 5.75 Å². The molecule has 5 nitrogen and oxygen atoms in total. The topological polar surface area (TPSA) is 75.4 Å². The van der Waals surface area contributed by atoms with Crippen LogP contribution in [-0.2, 0) is 6.42 Å². The van der Waals surface area contributed by atoms with E-state index in [1.165, 1.54) is 6.07 Å². The molecular formula is C14H14N2O3. The molecule has 2 aromatic rings. The number of hydrogen-bond donors (Lipinski definition) is 2. The van der Waals surface area contributed by atoms with Crippen LogP contribution in [0.25, 0.3) is 0 Å². The average Bonchev–Trinajstić information content (AvgIpc) is 2.41. The predicted molar refractivity (Wildman–Crippen MR) is 73.6 cm³/mol. The van der Waals surface area contributed by atoms with Gasteiger partial charge in [-0.25, -0.2) is 0 Å². The molecule has 0 saturated carbocycles. The van der Waals surface area contributed by atoms with E-state index in [-0.39, 0.29) is 11.4 Å². The van der Waals surface area contributed by atoms with Gasteiger partial charge < -0.3 is 10.4 Å². The quantitative estimate of drug-likeness (QED) is 0.653. The molecule has 0 aliphatic rings. The summed E-state index contributed by atoms with van der Waals surface area (Å²) >= 11 is 0. The Labute approximate surface area is 110 Å². The van der Waals surface area contributed by atoms with Crippen molar-refractivity contribution in [2.45, 2.75) is 6.42 Å². The van der Waals surface area contributed by atoms with Crippen LogP contribution in [0.4, 0.5) is 11.4 Å². The number of nitrogens with zero attached hydrogens (tertiary/aromatic N) is 1. The van der Waals surface area contributed by atoms with Crippen molar-refractivity contribution in [2.24, 2.45) is 0 Å². The number of benzene rings is 2. The molecule has 0 aromatic heterocycles. The number of nitrogens with one attached hydrogen (secondary N) is 1. The Balaban J connectivity index is 2.34. The lowest BCUT2D eigenvalue weighted by molar-refractivity contribution is -0.384. The van der Waals surface area contributed by atoms with Gasteiger partial charge in [-0.2, -0.15) is 0 Å². The molecule has 0 aliphatic carbocycles. The number of nitro benzene ring substituents is 1. The molecule has 0 amide bonds. The molecule has 0 saturated heterocycles. The first kappa shape index (κ1) is 12.9. The van der Waals surface area contributed by atoms with Gasteiger partial charge in [0.2, 0.25) is 0 Å². The van der Waals surface area contributed by atoms with E-state index in [0.29, 0.717) is 6.42 Å². The Hall–Kier alpha value is -2.56. The maximum absolute atomic E-state index is 10.8. The Bertz CT molecular complexity index is 594. The molecule has 0 unspecified atom stereocenters. The molecule has 2 N–H and O–H groups in total. The second-order valence-corrected chi connectivity index (χ2v) is 4.19. The van der Waals surface area contributed by atoms with Crippen LogP contribution in [-0.4, -0.2) is 17.1 Å².